The highest BCUT2D eigenvalue weighted by molar-refractivity contribution is 8.51. The van der Waals surface area contributed by atoms with Crippen LogP contribution >= 0.6 is 22.4 Å². The molecule has 1 rings (SSSR count). The van der Waals surface area contributed by atoms with Crippen LogP contribution in [0.15, 0.2) is 13.5 Å². The van der Waals surface area contributed by atoms with Crippen molar-refractivity contribution in [2.45, 2.75) is 0 Å². The minimum absolute atomic E-state index is 0.194. The normalized spacial score (nSPS) is 33.5. The molecule has 0 spiro atoms. The molecule has 1 aliphatic heterocycles. The lowest BCUT2D eigenvalue weighted by atomic mass is 12.0. The molecule has 0 bridgehead atoms. The van der Waals surface area contributed by atoms with E-state index in [0.717, 1.165) is 0 Å². The summed E-state index contributed by atoms with van der Waals surface area (Å²) in [5, 5.41) is 0. The van der Waals surface area contributed by atoms with Crippen LogP contribution in [0.3, 0.4) is 0 Å². The Morgan fingerprint density at radius 2 is 1.27 bits per heavy atom. The van der Waals surface area contributed by atoms with Gasteiger partial charge in [0.15, 0.2) is 0 Å². The molecule has 14 heteroatoms. The number of hydrogen-bond donors (Lipinski definition) is 0. The second-order valence-electron chi connectivity index (χ2n) is 2.39. The van der Waals surface area contributed by atoms with E-state index < -0.39 is 31.8 Å². The van der Waals surface area contributed by atoms with Gasteiger partial charge in [0, 0.05) is 6.26 Å². The van der Waals surface area contributed by atoms with Gasteiger partial charge in [0.05, 0.1) is 0 Å². The fraction of sp³-hybridized carbons (Fsp3) is 1.00. The van der Waals surface area contributed by atoms with Gasteiger partial charge < -0.3 is 0 Å². The van der Waals surface area contributed by atoms with Gasteiger partial charge in [-0.25, -0.2) is 8.42 Å². The standard InChI is InChI=1S/CH3F5N3O2P3S/c1-15(10,11)14(6)8-12(2,3)7-13(4,5)9-14/h1H3. The molecule has 90 valence electrons. The van der Waals surface area contributed by atoms with Crippen LogP contribution in [0.2, 0.25) is 0 Å². The van der Waals surface area contributed by atoms with Gasteiger partial charge in [-0.2, -0.15) is 4.20 Å². The maximum Gasteiger partial charge on any atom is 0.424 e. The van der Waals surface area contributed by atoms with Crippen molar-refractivity contribution < 1.29 is 29.4 Å². The Bertz CT molecular complexity index is 545. The van der Waals surface area contributed by atoms with Crippen LogP contribution in [-0.2, 0) is 9.46 Å². The molecule has 0 aromatic carbocycles. The lowest BCUT2D eigenvalue weighted by Crippen LogP contribution is -1.92. The van der Waals surface area contributed by atoms with Crippen molar-refractivity contribution in [2.75, 3.05) is 6.26 Å². The summed E-state index contributed by atoms with van der Waals surface area (Å²) >= 11 is 0. The second kappa shape index (κ2) is 3.39. The van der Waals surface area contributed by atoms with Crippen molar-refractivity contribution in [1.29, 1.82) is 0 Å². The summed E-state index contributed by atoms with van der Waals surface area (Å²) in [5.74, 6) is 0. The fourth-order valence-electron chi connectivity index (χ4n) is 0.581. The lowest BCUT2D eigenvalue weighted by molar-refractivity contribution is 0.611. The van der Waals surface area contributed by atoms with Crippen molar-refractivity contribution >= 4 is 31.8 Å². The Morgan fingerprint density at radius 1 is 0.867 bits per heavy atom. The lowest BCUT2D eigenvalue weighted by Gasteiger charge is -2.14. The van der Waals surface area contributed by atoms with Crippen LogP contribution in [0, 0.1) is 0 Å². The summed E-state index contributed by atoms with van der Waals surface area (Å²) in [6.45, 7) is -5.56. The van der Waals surface area contributed by atoms with Gasteiger partial charge in [-0.05, 0) is 0 Å². The van der Waals surface area contributed by atoms with E-state index in [1.165, 1.54) is 0 Å². The molecule has 1 unspecified atom stereocenters. The first-order valence-electron chi connectivity index (χ1n) is 2.97. The molecule has 1 atom stereocenters. The summed E-state index contributed by atoms with van der Waals surface area (Å²) in [4.78, 5) is 0. The van der Waals surface area contributed by atoms with Crippen molar-refractivity contribution in [3.8, 4) is 0 Å². The maximum atomic E-state index is 13.3. The van der Waals surface area contributed by atoms with Gasteiger partial charge in [-0.3, -0.25) is 0 Å². The van der Waals surface area contributed by atoms with Gasteiger partial charge in [0.25, 0.3) is 0 Å². The maximum absolute atomic E-state index is 13.3. The zero-order valence-electron chi connectivity index (χ0n) is 6.80. The fourth-order valence-corrected chi connectivity index (χ4v) is 10.2. The molecule has 0 saturated heterocycles. The first kappa shape index (κ1) is 13.4. The predicted octanol–water partition coefficient (Wildman–Crippen LogP) is 4.73. The zero-order chi connectivity index (χ0) is 12.1. The topological polar surface area (TPSA) is 71.2 Å². The predicted molar refractivity (Wildman–Crippen MR) is 48.4 cm³/mol. The molecule has 0 N–H and O–H groups in total. The summed E-state index contributed by atoms with van der Waals surface area (Å²) in [6, 6.07) is 0. The molecule has 0 radical (unpaired) electrons. The van der Waals surface area contributed by atoms with Crippen LogP contribution in [-0.4, -0.2) is 14.7 Å². The molecule has 0 aromatic heterocycles. The van der Waals surface area contributed by atoms with Crippen molar-refractivity contribution in [3.63, 3.8) is 0 Å². The van der Waals surface area contributed by atoms with Crippen LogP contribution in [0.1, 0.15) is 0 Å². The average Bonchev–Trinajstić information content (AvgIpc) is 1.72. The average molecular weight is 309 g/mol. The highest BCUT2D eigenvalue weighted by Crippen LogP contribution is 2.83. The third kappa shape index (κ3) is 2.90. The molecule has 1 heterocycles. The molecule has 15 heavy (non-hydrogen) atoms. The highest BCUT2D eigenvalue weighted by atomic mass is 32.8. The van der Waals surface area contributed by atoms with Gasteiger partial charge in [0.2, 0.25) is 9.46 Å². The van der Waals surface area contributed by atoms with Gasteiger partial charge in [0.1, 0.15) is 0 Å². The van der Waals surface area contributed by atoms with E-state index in [4.69, 9.17) is 0 Å². The first-order chi connectivity index (χ1) is 6.37. The van der Waals surface area contributed by atoms with Crippen molar-refractivity contribution in [1.82, 2.24) is 0 Å². The second-order valence-corrected chi connectivity index (χ2v) is 12.2. The number of hydrogen-bond acceptors (Lipinski definition) is 5. The summed E-state index contributed by atoms with van der Waals surface area (Å²) < 4.78 is 90.4. The van der Waals surface area contributed by atoms with Gasteiger partial charge in [-0.1, -0.05) is 0 Å². The number of halogens is 5. The minimum atomic E-state index is -5.93. The molecule has 0 aromatic rings. The Labute approximate surface area is 81.7 Å². The molecular formula is CH3F5N3O2P3S. The molecule has 0 aliphatic carbocycles. The first-order valence-corrected chi connectivity index (χ1v) is 10.0. The Balaban J connectivity index is 3.73. The monoisotopic (exact) mass is 309 g/mol. The molecule has 5 nitrogen and oxygen atoms in total. The molecule has 0 fully saturated rings. The van der Waals surface area contributed by atoms with Crippen LogP contribution in [0.5, 0.6) is 0 Å². The minimum Gasteiger partial charge on any atom is -0.219 e. The van der Waals surface area contributed by atoms with E-state index >= 15 is 0 Å². The smallest absolute Gasteiger partial charge is 0.219 e. The Morgan fingerprint density at radius 3 is 1.60 bits per heavy atom. The Hall–Kier alpha value is 0.290. The van der Waals surface area contributed by atoms with E-state index in [9.17, 15) is 29.4 Å². The largest absolute Gasteiger partial charge is 0.424 e. The van der Waals surface area contributed by atoms with E-state index in [0.29, 0.717) is 0 Å². The quantitative estimate of drug-likeness (QED) is 0.519. The number of nitrogens with zero attached hydrogens (tertiary/aromatic N) is 3. The zero-order valence-corrected chi connectivity index (χ0v) is 10.3. The van der Waals surface area contributed by atoms with Gasteiger partial charge in [-0.15, -0.1) is 30.3 Å². The van der Waals surface area contributed by atoms with E-state index in [2.05, 4.69) is 0 Å². The summed E-state index contributed by atoms with van der Waals surface area (Å²) in [5.41, 5.74) is 0. The van der Waals surface area contributed by atoms with Crippen molar-refractivity contribution in [3.05, 3.63) is 0 Å². The van der Waals surface area contributed by atoms with Crippen LogP contribution < -0.4 is 0 Å². The number of rotatable bonds is 1. The van der Waals surface area contributed by atoms with E-state index in [-0.39, 0.29) is 6.26 Å². The molecule has 0 amide bonds. The van der Waals surface area contributed by atoms with E-state index in [1.807, 2.05) is 9.03 Å². The van der Waals surface area contributed by atoms with Gasteiger partial charge >= 0.3 is 22.4 Å². The van der Waals surface area contributed by atoms with Crippen molar-refractivity contribution in [2.24, 2.45) is 13.5 Å². The third-order valence-corrected chi connectivity index (χ3v) is 11.0. The van der Waals surface area contributed by atoms with Crippen LogP contribution in [0.4, 0.5) is 21.0 Å². The van der Waals surface area contributed by atoms with Crippen LogP contribution in [0.25, 0.3) is 0 Å². The summed E-state index contributed by atoms with van der Waals surface area (Å²) in [7, 11) is -16.7. The van der Waals surface area contributed by atoms with E-state index in [1.54, 1.807) is 4.52 Å². The third-order valence-electron chi connectivity index (χ3n) is 1.07. The SMILES string of the molecule is CS(=O)(=O)P1(F)=NP(F)(F)=NP(F)(F)=N1. The summed E-state index contributed by atoms with van der Waals surface area (Å²) in [6.07, 6.45) is 0.194. The molecule has 1 aliphatic rings. The Kier molecular flexibility index (Phi) is 3.02. The molecular weight excluding hydrogens is 306 g/mol. The molecule has 0 saturated carbocycles. The highest BCUT2D eigenvalue weighted by Gasteiger charge is 2.44.